The van der Waals surface area contributed by atoms with Crippen LogP contribution in [0.2, 0.25) is 0 Å². The van der Waals surface area contributed by atoms with Gasteiger partial charge < -0.3 is 10.6 Å². The molecule has 10 heteroatoms. The van der Waals surface area contributed by atoms with Gasteiger partial charge in [-0.25, -0.2) is 9.07 Å². The quantitative estimate of drug-likeness (QED) is 0.581. The fourth-order valence-corrected chi connectivity index (χ4v) is 3.63. The predicted molar refractivity (Wildman–Crippen MR) is 108 cm³/mol. The largest absolute Gasteiger partial charge is 0.405 e. The minimum Gasteiger partial charge on any atom is -0.343 e. The van der Waals surface area contributed by atoms with Gasteiger partial charge in [0.2, 0.25) is 0 Å². The SMILES string of the molecule is O=C(NCC(F)(F)F)c1cccc(NC(=O)c2nn(-c3ccc(F)cc3)c3c2CCC3)c1. The molecule has 0 aliphatic heterocycles. The molecular formula is C22H18F4N4O2. The number of carbonyl (C=O) groups is 2. The highest BCUT2D eigenvalue weighted by Gasteiger charge is 2.29. The van der Waals surface area contributed by atoms with E-state index < -0.39 is 24.5 Å². The Balaban J connectivity index is 1.54. The highest BCUT2D eigenvalue weighted by atomic mass is 19.4. The second kappa shape index (κ2) is 8.45. The van der Waals surface area contributed by atoms with Crippen molar-refractivity contribution in [1.82, 2.24) is 15.1 Å². The minimum absolute atomic E-state index is 0.0193. The number of carbonyl (C=O) groups excluding carboxylic acids is 2. The fraction of sp³-hybridized carbons (Fsp3) is 0.227. The van der Waals surface area contributed by atoms with Gasteiger partial charge in [0.15, 0.2) is 5.69 Å². The number of nitrogens with one attached hydrogen (secondary N) is 2. The van der Waals surface area contributed by atoms with Crippen molar-refractivity contribution in [3.63, 3.8) is 0 Å². The molecule has 1 aliphatic carbocycles. The number of hydrogen-bond donors (Lipinski definition) is 2. The third-order valence-electron chi connectivity index (χ3n) is 5.05. The van der Waals surface area contributed by atoms with E-state index in [-0.39, 0.29) is 22.8 Å². The molecule has 6 nitrogen and oxygen atoms in total. The van der Waals surface area contributed by atoms with E-state index in [0.717, 1.165) is 24.1 Å². The van der Waals surface area contributed by atoms with Crippen molar-refractivity contribution in [2.45, 2.75) is 25.4 Å². The number of halogens is 4. The van der Waals surface area contributed by atoms with E-state index >= 15 is 0 Å². The monoisotopic (exact) mass is 446 g/mol. The number of fused-ring (bicyclic) bond motifs is 1. The predicted octanol–water partition coefficient (Wildman–Crippen LogP) is 4.04. The van der Waals surface area contributed by atoms with Crippen molar-refractivity contribution in [1.29, 1.82) is 0 Å². The Hall–Kier alpha value is -3.69. The van der Waals surface area contributed by atoms with E-state index in [9.17, 15) is 27.2 Å². The molecule has 1 aromatic heterocycles. The van der Waals surface area contributed by atoms with Gasteiger partial charge >= 0.3 is 6.18 Å². The van der Waals surface area contributed by atoms with Crippen LogP contribution in [0.25, 0.3) is 5.69 Å². The van der Waals surface area contributed by atoms with Crippen LogP contribution in [0.15, 0.2) is 48.5 Å². The van der Waals surface area contributed by atoms with Crippen molar-refractivity contribution in [2.24, 2.45) is 0 Å². The van der Waals surface area contributed by atoms with Gasteiger partial charge in [0.05, 0.1) is 5.69 Å². The molecule has 4 rings (SSSR count). The average molecular weight is 446 g/mol. The Morgan fingerprint density at radius 2 is 1.78 bits per heavy atom. The van der Waals surface area contributed by atoms with E-state index in [2.05, 4.69) is 10.4 Å². The second-order valence-electron chi connectivity index (χ2n) is 7.35. The van der Waals surface area contributed by atoms with Crippen LogP contribution >= 0.6 is 0 Å². The van der Waals surface area contributed by atoms with Gasteiger partial charge in [-0.15, -0.1) is 0 Å². The first-order valence-electron chi connectivity index (χ1n) is 9.84. The molecule has 2 N–H and O–H groups in total. The molecule has 0 saturated carbocycles. The van der Waals surface area contributed by atoms with Crippen LogP contribution in [0.3, 0.4) is 0 Å². The summed E-state index contributed by atoms with van der Waals surface area (Å²) in [5.41, 5.74) is 2.75. The molecule has 32 heavy (non-hydrogen) atoms. The van der Waals surface area contributed by atoms with Gasteiger partial charge in [0.25, 0.3) is 11.8 Å². The molecular weight excluding hydrogens is 428 g/mol. The van der Waals surface area contributed by atoms with Gasteiger partial charge in [-0.1, -0.05) is 6.07 Å². The number of amides is 2. The summed E-state index contributed by atoms with van der Waals surface area (Å²) in [7, 11) is 0. The maximum Gasteiger partial charge on any atom is 0.405 e. The number of benzene rings is 2. The lowest BCUT2D eigenvalue weighted by atomic mass is 10.1. The first-order chi connectivity index (χ1) is 15.2. The summed E-state index contributed by atoms with van der Waals surface area (Å²) in [6.07, 6.45) is -2.28. The second-order valence-corrected chi connectivity index (χ2v) is 7.35. The Morgan fingerprint density at radius 1 is 1.03 bits per heavy atom. The maximum atomic E-state index is 13.3. The van der Waals surface area contributed by atoms with Crippen molar-refractivity contribution < 1.29 is 27.2 Å². The molecule has 0 saturated heterocycles. The van der Waals surface area contributed by atoms with Crippen molar-refractivity contribution in [3.05, 3.63) is 76.9 Å². The molecule has 0 spiro atoms. The fourth-order valence-electron chi connectivity index (χ4n) is 3.63. The van der Waals surface area contributed by atoms with Gasteiger partial charge in [0.1, 0.15) is 12.4 Å². The molecule has 1 heterocycles. The number of anilines is 1. The van der Waals surface area contributed by atoms with E-state index in [1.165, 1.54) is 36.4 Å². The first-order valence-corrected chi connectivity index (χ1v) is 9.84. The van der Waals surface area contributed by atoms with Gasteiger partial charge in [-0.05, 0) is 61.7 Å². The molecule has 0 fully saturated rings. The summed E-state index contributed by atoms with van der Waals surface area (Å²) in [6.45, 7) is -1.45. The van der Waals surface area contributed by atoms with Crippen molar-refractivity contribution in [3.8, 4) is 5.69 Å². The zero-order valence-electron chi connectivity index (χ0n) is 16.7. The third-order valence-corrected chi connectivity index (χ3v) is 5.05. The van der Waals surface area contributed by atoms with E-state index in [1.807, 2.05) is 0 Å². The van der Waals surface area contributed by atoms with E-state index in [4.69, 9.17) is 0 Å². The number of hydrogen-bond acceptors (Lipinski definition) is 3. The third kappa shape index (κ3) is 4.63. The number of aromatic nitrogens is 2. The highest BCUT2D eigenvalue weighted by Crippen LogP contribution is 2.28. The van der Waals surface area contributed by atoms with Gasteiger partial charge in [0, 0.05) is 22.5 Å². The Bertz CT molecular complexity index is 1170. The maximum absolute atomic E-state index is 13.3. The van der Waals surface area contributed by atoms with Crippen LogP contribution in [0.5, 0.6) is 0 Å². The van der Waals surface area contributed by atoms with Crippen LogP contribution in [0.4, 0.5) is 23.2 Å². The topological polar surface area (TPSA) is 76.0 Å². The average Bonchev–Trinajstić information content (AvgIpc) is 3.35. The Morgan fingerprint density at radius 3 is 2.50 bits per heavy atom. The molecule has 166 valence electrons. The summed E-state index contributed by atoms with van der Waals surface area (Å²) in [5, 5.41) is 8.86. The molecule has 3 aromatic rings. The van der Waals surface area contributed by atoms with Crippen molar-refractivity contribution >= 4 is 17.5 Å². The summed E-state index contributed by atoms with van der Waals surface area (Å²) in [5.74, 6) is -1.79. The van der Waals surface area contributed by atoms with E-state index in [0.29, 0.717) is 12.1 Å². The van der Waals surface area contributed by atoms with Gasteiger partial charge in [-0.2, -0.15) is 18.3 Å². The number of alkyl halides is 3. The molecule has 0 bridgehead atoms. The molecule has 0 unspecified atom stereocenters. The lowest BCUT2D eigenvalue weighted by Crippen LogP contribution is -2.33. The van der Waals surface area contributed by atoms with Crippen LogP contribution < -0.4 is 10.6 Å². The minimum atomic E-state index is -4.52. The van der Waals surface area contributed by atoms with Crippen LogP contribution in [-0.4, -0.2) is 34.3 Å². The van der Waals surface area contributed by atoms with Crippen LogP contribution in [-0.2, 0) is 12.8 Å². The number of rotatable bonds is 5. The summed E-state index contributed by atoms with van der Waals surface area (Å²) in [6, 6.07) is 11.4. The zero-order chi connectivity index (χ0) is 22.9. The first kappa shape index (κ1) is 21.5. The molecule has 2 aromatic carbocycles. The normalized spacial score (nSPS) is 13.0. The Labute approximate surface area is 180 Å². The van der Waals surface area contributed by atoms with Gasteiger partial charge in [-0.3, -0.25) is 9.59 Å². The van der Waals surface area contributed by atoms with Crippen molar-refractivity contribution in [2.75, 3.05) is 11.9 Å². The summed E-state index contributed by atoms with van der Waals surface area (Å²) >= 11 is 0. The van der Waals surface area contributed by atoms with Crippen LogP contribution in [0.1, 0.15) is 38.5 Å². The number of nitrogens with zero attached hydrogens (tertiary/aromatic N) is 2. The molecule has 2 amide bonds. The van der Waals surface area contributed by atoms with E-state index in [1.54, 1.807) is 22.1 Å². The highest BCUT2D eigenvalue weighted by molar-refractivity contribution is 6.05. The molecule has 0 radical (unpaired) electrons. The standard InChI is InChI=1S/C22H18F4N4O2/c23-14-7-9-16(10-8-14)30-18-6-2-5-17(18)19(29-30)21(32)28-15-4-1-3-13(11-15)20(31)27-12-22(24,25)26/h1,3-4,7-11H,2,5-6,12H2,(H,27,31)(H,28,32). The molecule has 0 atom stereocenters. The molecule has 1 aliphatic rings. The van der Waals surface area contributed by atoms with Crippen LogP contribution in [0, 0.1) is 5.82 Å². The zero-order valence-corrected chi connectivity index (χ0v) is 16.7. The summed E-state index contributed by atoms with van der Waals surface area (Å²) in [4.78, 5) is 24.9. The lowest BCUT2D eigenvalue weighted by molar-refractivity contribution is -0.123. The lowest BCUT2D eigenvalue weighted by Gasteiger charge is -2.10. The smallest absolute Gasteiger partial charge is 0.343 e. The summed E-state index contributed by atoms with van der Waals surface area (Å²) < 4.78 is 51.9. The Kier molecular flexibility index (Phi) is 5.68.